The van der Waals surface area contributed by atoms with Crippen LogP contribution in [0.3, 0.4) is 0 Å². The molecule has 1 unspecified atom stereocenters. The van der Waals surface area contributed by atoms with Crippen LogP contribution in [0.15, 0.2) is 42.5 Å². The van der Waals surface area contributed by atoms with E-state index < -0.39 is 0 Å². The molecule has 1 atom stereocenters. The topological polar surface area (TPSA) is 35.2 Å². The van der Waals surface area contributed by atoms with Crippen molar-refractivity contribution in [3.05, 3.63) is 64.7 Å². The first-order chi connectivity index (χ1) is 10.7. The molecule has 2 heteroatoms. The summed E-state index contributed by atoms with van der Waals surface area (Å²) >= 11 is 0. The quantitative estimate of drug-likeness (QED) is 0.823. The van der Waals surface area contributed by atoms with Crippen LogP contribution in [0.5, 0.6) is 5.75 Å². The van der Waals surface area contributed by atoms with Gasteiger partial charge in [-0.15, -0.1) is 0 Å². The summed E-state index contributed by atoms with van der Waals surface area (Å²) in [6.45, 7) is 7.80. The molecule has 0 heterocycles. The number of para-hydroxylation sites is 1. The molecule has 0 bridgehead atoms. The van der Waals surface area contributed by atoms with E-state index in [0.717, 1.165) is 18.6 Å². The third-order valence-corrected chi connectivity index (χ3v) is 4.24. The Kier molecular flexibility index (Phi) is 6.02. The van der Waals surface area contributed by atoms with E-state index in [2.05, 4.69) is 51.1 Å². The highest BCUT2D eigenvalue weighted by molar-refractivity contribution is 5.34. The molecule has 0 spiro atoms. The predicted molar refractivity (Wildman–Crippen MR) is 93.6 cm³/mol. The van der Waals surface area contributed by atoms with Crippen LogP contribution >= 0.6 is 0 Å². The van der Waals surface area contributed by atoms with E-state index in [9.17, 15) is 0 Å². The van der Waals surface area contributed by atoms with Crippen LogP contribution in [0, 0.1) is 13.8 Å². The van der Waals surface area contributed by atoms with E-state index in [1.54, 1.807) is 0 Å². The Balaban J connectivity index is 2.01. The van der Waals surface area contributed by atoms with Crippen molar-refractivity contribution in [3.8, 4) is 5.75 Å². The fraction of sp³-hybridized carbons (Fsp3) is 0.400. The molecule has 2 aromatic rings. The summed E-state index contributed by atoms with van der Waals surface area (Å²) in [5, 5.41) is 0. The summed E-state index contributed by atoms with van der Waals surface area (Å²) in [6, 6.07) is 14.9. The molecule has 2 rings (SSSR count). The Labute approximate surface area is 134 Å². The van der Waals surface area contributed by atoms with Gasteiger partial charge in [-0.1, -0.05) is 48.9 Å². The van der Waals surface area contributed by atoms with E-state index in [1.165, 1.54) is 22.3 Å². The van der Waals surface area contributed by atoms with Crippen LogP contribution in [-0.2, 0) is 6.42 Å². The highest BCUT2D eigenvalue weighted by atomic mass is 16.5. The molecule has 0 radical (unpaired) electrons. The maximum atomic E-state index is 6.00. The molecule has 0 saturated heterocycles. The molecule has 0 aliphatic heterocycles. The Hall–Kier alpha value is -1.80. The number of aryl methyl sites for hydroxylation is 3. The molecule has 0 saturated carbocycles. The van der Waals surface area contributed by atoms with E-state index in [0.29, 0.717) is 19.1 Å². The Bertz CT molecular complexity index is 606. The molecular formula is C20H27NO. The average Bonchev–Trinajstić information content (AvgIpc) is 2.54. The van der Waals surface area contributed by atoms with Crippen LogP contribution in [0.4, 0.5) is 0 Å². The molecule has 2 N–H and O–H groups in total. The van der Waals surface area contributed by atoms with Gasteiger partial charge in [-0.3, -0.25) is 0 Å². The summed E-state index contributed by atoms with van der Waals surface area (Å²) < 4.78 is 6.00. The van der Waals surface area contributed by atoms with E-state index in [-0.39, 0.29) is 0 Å². The minimum atomic E-state index is 0.355. The Morgan fingerprint density at radius 2 is 1.86 bits per heavy atom. The fourth-order valence-corrected chi connectivity index (χ4v) is 2.85. The zero-order valence-electron chi connectivity index (χ0n) is 13.9. The van der Waals surface area contributed by atoms with Gasteiger partial charge in [-0.25, -0.2) is 0 Å². The predicted octanol–water partition coefficient (Wildman–Crippen LogP) is 4.38. The smallest absolute Gasteiger partial charge is 0.122 e. The van der Waals surface area contributed by atoms with Gasteiger partial charge in [0.05, 0.1) is 6.61 Å². The fourth-order valence-electron chi connectivity index (χ4n) is 2.85. The first kappa shape index (κ1) is 16.6. The van der Waals surface area contributed by atoms with Crippen LogP contribution in [0.2, 0.25) is 0 Å². The average molecular weight is 297 g/mol. The third kappa shape index (κ3) is 4.11. The summed E-state index contributed by atoms with van der Waals surface area (Å²) in [5.74, 6) is 1.36. The van der Waals surface area contributed by atoms with E-state index >= 15 is 0 Å². The van der Waals surface area contributed by atoms with Gasteiger partial charge < -0.3 is 10.5 Å². The van der Waals surface area contributed by atoms with Crippen LogP contribution in [0.1, 0.15) is 41.5 Å². The normalized spacial score (nSPS) is 12.2. The van der Waals surface area contributed by atoms with E-state index in [4.69, 9.17) is 10.5 Å². The maximum Gasteiger partial charge on any atom is 0.122 e. The number of nitrogens with two attached hydrogens (primary N) is 1. The minimum Gasteiger partial charge on any atom is -0.493 e. The minimum absolute atomic E-state index is 0.355. The number of benzene rings is 2. The highest BCUT2D eigenvalue weighted by Gasteiger charge is 2.13. The number of rotatable bonds is 7. The van der Waals surface area contributed by atoms with Crippen molar-refractivity contribution < 1.29 is 4.74 Å². The van der Waals surface area contributed by atoms with Gasteiger partial charge in [-0.2, -0.15) is 0 Å². The van der Waals surface area contributed by atoms with Gasteiger partial charge in [-0.05, 0) is 61.9 Å². The van der Waals surface area contributed by atoms with Crippen molar-refractivity contribution in [1.29, 1.82) is 0 Å². The van der Waals surface area contributed by atoms with E-state index in [1.807, 2.05) is 12.1 Å². The van der Waals surface area contributed by atoms with Crippen molar-refractivity contribution in [3.63, 3.8) is 0 Å². The zero-order valence-corrected chi connectivity index (χ0v) is 13.9. The van der Waals surface area contributed by atoms with Crippen molar-refractivity contribution in [1.82, 2.24) is 0 Å². The monoisotopic (exact) mass is 297 g/mol. The molecule has 118 valence electrons. The zero-order chi connectivity index (χ0) is 15.9. The van der Waals surface area contributed by atoms with Gasteiger partial charge >= 0.3 is 0 Å². The number of ether oxygens (including phenoxy) is 1. The molecule has 22 heavy (non-hydrogen) atoms. The molecule has 0 aromatic heterocycles. The first-order valence-electron chi connectivity index (χ1n) is 8.13. The molecule has 2 aromatic carbocycles. The molecule has 0 aliphatic rings. The second-order valence-corrected chi connectivity index (χ2v) is 5.89. The van der Waals surface area contributed by atoms with Gasteiger partial charge in [0.15, 0.2) is 0 Å². The third-order valence-electron chi connectivity index (χ3n) is 4.24. The molecular weight excluding hydrogens is 270 g/mol. The number of hydrogen-bond donors (Lipinski definition) is 1. The maximum absolute atomic E-state index is 6.00. The summed E-state index contributed by atoms with van der Waals surface area (Å²) in [6.07, 6.45) is 1.94. The summed E-state index contributed by atoms with van der Waals surface area (Å²) in [4.78, 5) is 0. The Morgan fingerprint density at radius 3 is 2.59 bits per heavy atom. The molecule has 0 amide bonds. The van der Waals surface area contributed by atoms with Crippen molar-refractivity contribution in [2.75, 3.05) is 13.2 Å². The van der Waals surface area contributed by atoms with Crippen molar-refractivity contribution >= 4 is 0 Å². The van der Waals surface area contributed by atoms with Gasteiger partial charge in [0.1, 0.15) is 5.75 Å². The molecule has 2 nitrogen and oxygen atoms in total. The molecule has 0 fully saturated rings. The lowest BCUT2D eigenvalue weighted by molar-refractivity contribution is 0.295. The standard InChI is InChI=1S/C20H27NO/c1-4-17-7-5-6-8-20(17)22-12-11-18(14-21)19-13-15(2)9-10-16(19)3/h5-10,13,18H,4,11-12,14,21H2,1-3H3. The van der Waals surface area contributed by atoms with Crippen LogP contribution in [0.25, 0.3) is 0 Å². The first-order valence-corrected chi connectivity index (χ1v) is 8.13. The van der Waals surface area contributed by atoms with Gasteiger partial charge in [0.2, 0.25) is 0 Å². The number of hydrogen-bond acceptors (Lipinski definition) is 2. The second-order valence-electron chi connectivity index (χ2n) is 5.89. The van der Waals surface area contributed by atoms with Crippen molar-refractivity contribution in [2.45, 2.75) is 39.5 Å². The lowest BCUT2D eigenvalue weighted by Crippen LogP contribution is -2.17. The highest BCUT2D eigenvalue weighted by Crippen LogP contribution is 2.25. The second kappa shape index (κ2) is 8.00. The largest absolute Gasteiger partial charge is 0.493 e. The van der Waals surface area contributed by atoms with Crippen molar-refractivity contribution in [2.24, 2.45) is 5.73 Å². The SMILES string of the molecule is CCc1ccccc1OCCC(CN)c1cc(C)ccc1C. The summed E-state index contributed by atoms with van der Waals surface area (Å²) in [5.41, 5.74) is 11.2. The summed E-state index contributed by atoms with van der Waals surface area (Å²) in [7, 11) is 0. The van der Waals surface area contributed by atoms with Crippen LogP contribution in [-0.4, -0.2) is 13.2 Å². The Morgan fingerprint density at radius 1 is 1.09 bits per heavy atom. The lowest BCUT2D eigenvalue weighted by Gasteiger charge is -2.19. The van der Waals surface area contributed by atoms with Crippen LogP contribution < -0.4 is 10.5 Å². The lowest BCUT2D eigenvalue weighted by atomic mass is 9.91. The van der Waals surface area contributed by atoms with Gasteiger partial charge in [0.25, 0.3) is 0 Å². The van der Waals surface area contributed by atoms with Gasteiger partial charge in [0, 0.05) is 0 Å². The molecule has 0 aliphatic carbocycles.